The van der Waals surface area contributed by atoms with Crippen LogP contribution in [0.15, 0.2) is 4.52 Å². The van der Waals surface area contributed by atoms with Crippen molar-refractivity contribution in [1.82, 2.24) is 15.5 Å². The number of hydrogen-bond donors (Lipinski definition) is 1. The van der Waals surface area contributed by atoms with Gasteiger partial charge in [-0.25, -0.2) is 0 Å². The molecule has 5 nitrogen and oxygen atoms in total. The summed E-state index contributed by atoms with van der Waals surface area (Å²) in [6.07, 6.45) is 9.34. The Morgan fingerprint density at radius 3 is 2.65 bits per heavy atom. The minimum absolute atomic E-state index is 0.276. The summed E-state index contributed by atoms with van der Waals surface area (Å²) in [6, 6.07) is 0.450. The molecule has 2 unspecified atom stereocenters. The van der Waals surface area contributed by atoms with Gasteiger partial charge in [0.25, 0.3) is 0 Å². The van der Waals surface area contributed by atoms with Gasteiger partial charge in [0.05, 0.1) is 5.92 Å². The molecule has 1 N–H and O–H groups in total. The van der Waals surface area contributed by atoms with Crippen molar-refractivity contribution < 1.29 is 9.26 Å². The zero-order chi connectivity index (χ0) is 14.0. The van der Waals surface area contributed by atoms with Gasteiger partial charge in [0.2, 0.25) is 11.7 Å². The molecule has 20 heavy (non-hydrogen) atoms. The molecule has 2 fully saturated rings. The van der Waals surface area contributed by atoms with E-state index in [9.17, 15) is 0 Å². The zero-order valence-electron chi connectivity index (χ0n) is 12.5. The van der Waals surface area contributed by atoms with Crippen LogP contribution in [0.3, 0.4) is 0 Å². The standard InChI is InChI=1S/C15H25N3O2/c1-16-12-8-5-3-4-7-11(12)13-17-14(18-20-13)15(19-2)9-6-10-15/h11-12,16H,3-10H2,1-2H3. The average molecular weight is 279 g/mol. The van der Waals surface area contributed by atoms with Gasteiger partial charge in [-0.05, 0) is 39.2 Å². The molecule has 0 radical (unpaired) electrons. The molecule has 5 heteroatoms. The summed E-state index contributed by atoms with van der Waals surface area (Å²) in [5.74, 6) is 1.89. The number of nitrogens with zero attached hydrogens (tertiary/aromatic N) is 2. The van der Waals surface area contributed by atoms with Crippen LogP contribution in [0.2, 0.25) is 0 Å². The van der Waals surface area contributed by atoms with Crippen LogP contribution in [0, 0.1) is 0 Å². The fourth-order valence-corrected chi connectivity index (χ4v) is 3.54. The fraction of sp³-hybridized carbons (Fsp3) is 0.867. The summed E-state index contributed by atoms with van der Waals surface area (Å²) >= 11 is 0. The van der Waals surface area contributed by atoms with Crippen LogP contribution in [0.25, 0.3) is 0 Å². The molecule has 2 saturated carbocycles. The lowest BCUT2D eigenvalue weighted by Crippen LogP contribution is -2.37. The van der Waals surface area contributed by atoms with Gasteiger partial charge in [-0.2, -0.15) is 4.98 Å². The maximum Gasteiger partial charge on any atom is 0.231 e. The van der Waals surface area contributed by atoms with Crippen LogP contribution in [0.4, 0.5) is 0 Å². The van der Waals surface area contributed by atoms with Gasteiger partial charge in [-0.3, -0.25) is 0 Å². The summed E-state index contributed by atoms with van der Waals surface area (Å²) in [7, 11) is 3.78. The molecule has 3 rings (SSSR count). The van der Waals surface area contributed by atoms with Crippen molar-refractivity contribution in [3.63, 3.8) is 0 Å². The summed E-state index contributed by atoms with van der Waals surface area (Å²) in [5, 5.41) is 7.64. The molecule has 0 amide bonds. The normalized spacial score (nSPS) is 29.7. The SMILES string of the molecule is CNC1CCCCCC1c1nc(C2(OC)CCC2)no1. The second-order valence-electron chi connectivity index (χ2n) is 6.15. The smallest absolute Gasteiger partial charge is 0.231 e. The van der Waals surface area contributed by atoms with Crippen LogP contribution in [0.1, 0.15) is 69.0 Å². The first-order valence-corrected chi connectivity index (χ1v) is 7.85. The maximum absolute atomic E-state index is 5.64. The molecule has 112 valence electrons. The number of likely N-dealkylation sites (N-methyl/N-ethyl adjacent to an activating group) is 1. The predicted octanol–water partition coefficient (Wildman–Crippen LogP) is 2.73. The Balaban J connectivity index is 1.81. The Kier molecular flexibility index (Phi) is 4.08. The van der Waals surface area contributed by atoms with E-state index in [1.54, 1.807) is 7.11 Å². The van der Waals surface area contributed by atoms with Crippen molar-refractivity contribution in [3.8, 4) is 0 Å². The molecule has 1 aromatic rings. The molecular weight excluding hydrogens is 254 g/mol. The summed E-state index contributed by atoms with van der Waals surface area (Å²) < 4.78 is 11.2. The lowest BCUT2D eigenvalue weighted by molar-refractivity contribution is -0.0858. The first-order valence-electron chi connectivity index (χ1n) is 7.85. The van der Waals surface area contributed by atoms with Gasteiger partial charge in [0, 0.05) is 13.2 Å². The molecule has 1 heterocycles. The van der Waals surface area contributed by atoms with Crippen LogP contribution < -0.4 is 5.32 Å². The van der Waals surface area contributed by atoms with E-state index in [2.05, 4.69) is 10.5 Å². The molecule has 0 bridgehead atoms. The zero-order valence-corrected chi connectivity index (χ0v) is 12.5. The fourth-order valence-electron chi connectivity index (χ4n) is 3.54. The van der Waals surface area contributed by atoms with Crippen molar-refractivity contribution >= 4 is 0 Å². The monoisotopic (exact) mass is 279 g/mol. The van der Waals surface area contributed by atoms with Crippen LogP contribution in [0.5, 0.6) is 0 Å². The second-order valence-corrected chi connectivity index (χ2v) is 6.15. The molecule has 0 aromatic carbocycles. The highest BCUT2D eigenvalue weighted by Gasteiger charge is 2.44. The second kappa shape index (κ2) is 5.82. The Labute approximate surface area is 120 Å². The topological polar surface area (TPSA) is 60.2 Å². The Morgan fingerprint density at radius 2 is 2.00 bits per heavy atom. The van der Waals surface area contributed by atoms with Crippen LogP contribution in [-0.4, -0.2) is 30.3 Å². The van der Waals surface area contributed by atoms with Gasteiger partial charge >= 0.3 is 0 Å². The third-order valence-electron chi connectivity index (χ3n) is 5.11. The van der Waals surface area contributed by atoms with Gasteiger partial charge in [0.1, 0.15) is 5.60 Å². The summed E-state index contributed by atoms with van der Waals surface area (Å²) in [4.78, 5) is 4.70. The molecule has 2 atom stereocenters. The molecule has 2 aliphatic rings. The van der Waals surface area contributed by atoms with Gasteiger partial charge in [-0.15, -0.1) is 0 Å². The number of aromatic nitrogens is 2. The van der Waals surface area contributed by atoms with Crippen molar-refractivity contribution in [2.75, 3.05) is 14.2 Å². The highest BCUT2D eigenvalue weighted by Crippen LogP contribution is 2.43. The minimum atomic E-state index is -0.276. The highest BCUT2D eigenvalue weighted by atomic mass is 16.5. The number of methoxy groups -OCH3 is 1. The van der Waals surface area contributed by atoms with Gasteiger partial charge in [0.15, 0.2) is 0 Å². The van der Waals surface area contributed by atoms with Crippen molar-refractivity contribution in [3.05, 3.63) is 11.7 Å². The highest BCUT2D eigenvalue weighted by molar-refractivity contribution is 5.09. The van der Waals surface area contributed by atoms with Gasteiger partial charge in [-0.1, -0.05) is 24.4 Å². The number of ether oxygens (including phenoxy) is 1. The number of hydrogen-bond acceptors (Lipinski definition) is 5. The van der Waals surface area contributed by atoms with Crippen molar-refractivity contribution in [2.45, 2.75) is 68.9 Å². The molecule has 0 saturated heterocycles. The quantitative estimate of drug-likeness (QED) is 0.859. The predicted molar refractivity (Wildman–Crippen MR) is 75.5 cm³/mol. The molecular formula is C15H25N3O2. The van der Waals surface area contributed by atoms with E-state index in [-0.39, 0.29) is 5.60 Å². The minimum Gasteiger partial charge on any atom is -0.370 e. The molecule has 1 aromatic heterocycles. The molecule has 0 spiro atoms. The van der Waals surface area contributed by atoms with Crippen molar-refractivity contribution in [2.24, 2.45) is 0 Å². The van der Waals surface area contributed by atoms with E-state index in [0.717, 1.165) is 31.0 Å². The van der Waals surface area contributed by atoms with E-state index in [1.807, 2.05) is 7.05 Å². The van der Waals surface area contributed by atoms with Gasteiger partial charge < -0.3 is 14.6 Å². The van der Waals surface area contributed by atoms with E-state index < -0.39 is 0 Å². The van der Waals surface area contributed by atoms with E-state index in [4.69, 9.17) is 14.2 Å². The first kappa shape index (κ1) is 14.0. The summed E-state index contributed by atoms with van der Waals surface area (Å²) in [5.41, 5.74) is -0.276. The Bertz CT molecular complexity index is 437. The number of rotatable bonds is 4. The number of nitrogens with one attached hydrogen (secondary N) is 1. The van der Waals surface area contributed by atoms with E-state index >= 15 is 0 Å². The van der Waals surface area contributed by atoms with Crippen LogP contribution >= 0.6 is 0 Å². The van der Waals surface area contributed by atoms with E-state index in [1.165, 1.54) is 32.1 Å². The largest absolute Gasteiger partial charge is 0.370 e. The first-order chi connectivity index (χ1) is 9.79. The van der Waals surface area contributed by atoms with Crippen LogP contribution in [-0.2, 0) is 10.3 Å². The van der Waals surface area contributed by atoms with Crippen molar-refractivity contribution in [1.29, 1.82) is 0 Å². The average Bonchev–Trinajstić information content (AvgIpc) is 2.77. The third kappa shape index (κ3) is 2.37. The Hall–Kier alpha value is -0.940. The molecule has 2 aliphatic carbocycles. The summed E-state index contributed by atoms with van der Waals surface area (Å²) in [6.45, 7) is 0. The lowest BCUT2D eigenvalue weighted by atomic mass is 9.79. The lowest BCUT2D eigenvalue weighted by Gasteiger charge is -2.37. The third-order valence-corrected chi connectivity index (χ3v) is 5.11. The van der Waals surface area contributed by atoms with E-state index in [0.29, 0.717) is 12.0 Å². The Morgan fingerprint density at radius 1 is 1.20 bits per heavy atom. The molecule has 0 aliphatic heterocycles. The maximum atomic E-state index is 5.64.